The Morgan fingerprint density at radius 3 is 0.875 bits per heavy atom. The molecule has 0 amide bonds. The fourth-order valence-corrected chi connectivity index (χ4v) is 15.9. The summed E-state index contributed by atoms with van der Waals surface area (Å²) < 4.78 is 19.2. The second-order valence-corrected chi connectivity index (χ2v) is 25.4. The topological polar surface area (TPSA) is 191 Å². The largest absolute Gasteiger partial charge is 0.481 e. The van der Waals surface area contributed by atoms with Crippen LogP contribution in [0, 0.1) is 35.5 Å². The highest BCUT2D eigenvalue weighted by molar-refractivity contribution is 5.98. The maximum Gasteiger partial charge on any atom is 0.315 e. The third kappa shape index (κ3) is 11.0. The summed E-state index contributed by atoms with van der Waals surface area (Å²) in [5.41, 5.74) is 6.99. The molecular formula is C84H62O12. The normalized spacial score (nSPS) is 22.5. The van der Waals surface area contributed by atoms with Gasteiger partial charge in [-0.25, -0.2) is 0 Å². The third-order valence-electron chi connectivity index (χ3n) is 20.3. The molecule has 10 atom stereocenters. The molecule has 3 aliphatic rings. The summed E-state index contributed by atoms with van der Waals surface area (Å²) in [6.45, 7) is 0. The molecule has 0 spiro atoms. The maximum atomic E-state index is 15.3. The fraction of sp³-hybridized carbons (Fsp3) is 0.143. The second kappa shape index (κ2) is 25.3. The van der Waals surface area contributed by atoms with Gasteiger partial charge in [0.25, 0.3) is 0 Å². The number of rotatable bonds is 17. The van der Waals surface area contributed by atoms with Crippen molar-refractivity contribution in [2.75, 3.05) is 0 Å². The van der Waals surface area contributed by atoms with Crippen LogP contribution in [0.3, 0.4) is 0 Å². The van der Waals surface area contributed by atoms with E-state index in [9.17, 15) is 39.3 Å². The number of carboxylic acids is 3. The molecule has 12 aromatic carbocycles. The summed E-state index contributed by atoms with van der Waals surface area (Å²) in [4.78, 5) is 84.6. The van der Waals surface area contributed by atoms with Crippen LogP contribution in [0.5, 0.6) is 17.2 Å². The van der Waals surface area contributed by atoms with Crippen molar-refractivity contribution in [1.82, 2.24) is 0 Å². The van der Waals surface area contributed by atoms with E-state index >= 15 is 4.79 Å². The minimum atomic E-state index is -1.07. The molecule has 0 unspecified atom stereocenters. The van der Waals surface area contributed by atoms with Gasteiger partial charge in [-0.1, -0.05) is 249 Å². The zero-order chi connectivity index (χ0) is 65.7. The summed E-state index contributed by atoms with van der Waals surface area (Å²) in [5, 5.41) is 37.4. The molecule has 0 aromatic heterocycles. The van der Waals surface area contributed by atoms with Crippen LogP contribution in [0.15, 0.2) is 285 Å². The molecule has 12 heteroatoms. The molecule has 15 rings (SSSR count). The number of benzene rings is 12. The van der Waals surface area contributed by atoms with Crippen LogP contribution in [0.1, 0.15) is 68.9 Å². The number of hydrogen-bond donors (Lipinski definition) is 3. The molecule has 96 heavy (non-hydrogen) atoms. The molecule has 3 N–H and O–H groups in total. The number of fused-ring (bicyclic) bond motifs is 3. The Bertz CT molecular complexity index is 4930. The van der Waals surface area contributed by atoms with E-state index in [0.29, 0.717) is 50.1 Å². The molecule has 470 valence electrons. The summed E-state index contributed by atoms with van der Waals surface area (Å²) in [6.07, 6.45) is 0. The Kier molecular flexibility index (Phi) is 15.9. The standard InChI is InChI=1S/C84H62O12/c85-79(86)73-68(52-22-7-2-8-23-52)77(69(73)53-24-9-3-10-25-53)83(92)95-65-46-60(43-58-29-15-17-31-63(58)65)50-35-39-56(40-36-50)72-75(81(89)90)70(54-26-11-4-12-27-54)78(72)84(93)96-66-47-61(44-59-30-16-18-32-64(59)66)49-33-37-55(38-34-49)71-74(80(87)88)67(51-20-5-1-6-21-51)76(71)82(91)94-62-42-41-48-19-13-14-28-57(48)45-62/h1-47,67-78H,(H,85,86)(H,87,88)(H,89,90)/t67-,68-,69-,70+,71-,72+,73-,74+,75+,76+,77+,78-/m1/s1. The first kappa shape index (κ1) is 60.5. The Labute approximate surface area is 552 Å². The van der Waals surface area contributed by atoms with Crippen molar-refractivity contribution in [3.63, 3.8) is 0 Å². The Hall–Kier alpha value is -11.8. The SMILES string of the molecule is O=C(O)[C@H]1[C@@H](c2ccccc2)[C@H](C(=O)Oc2ccc3ccccc3c2)[C@@H]1c1ccc(-c2cc(OC(=O)[C@@H]3[C@@H](c4ccccc4)[C@H](C(=O)O)[C@@H]3c3ccc(-c4cc(OC(=O)[C@H]5[C@H](c6ccccc6)[C@@H](C(=O)O)[C@H]5c5ccccc5)c5ccccc5c4)cc3)c3ccccc3c2)cc1. The molecule has 3 fully saturated rings. The average molecular weight is 1260 g/mol. The Balaban J connectivity index is 0.727. The van der Waals surface area contributed by atoms with E-state index in [0.717, 1.165) is 49.4 Å². The molecule has 12 aromatic rings. The number of hydrogen-bond acceptors (Lipinski definition) is 9. The highest BCUT2D eigenvalue weighted by atomic mass is 16.5. The molecule has 12 nitrogen and oxygen atoms in total. The van der Waals surface area contributed by atoms with E-state index in [4.69, 9.17) is 14.2 Å². The number of esters is 3. The first-order valence-corrected chi connectivity index (χ1v) is 32.1. The predicted octanol–water partition coefficient (Wildman–Crippen LogP) is 16.9. The van der Waals surface area contributed by atoms with Crippen molar-refractivity contribution in [2.24, 2.45) is 35.5 Å². The highest BCUT2D eigenvalue weighted by Gasteiger charge is 2.62. The molecule has 3 aliphatic carbocycles. The van der Waals surface area contributed by atoms with Crippen LogP contribution >= 0.6 is 0 Å². The number of carbonyl (C=O) groups excluding carboxylic acids is 3. The van der Waals surface area contributed by atoms with Crippen molar-refractivity contribution in [2.45, 2.75) is 35.5 Å². The first-order chi connectivity index (χ1) is 46.9. The van der Waals surface area contributed by atoms with E-state index in [-0.39, 0.29) is 5.75 Å². The lowest BCUT2D eigenvalue weighted by Crippen LogP contribution is -2.52. The van der Waals surface area contributed by atoms with Crippen molar-refractivity contribution in [3.8, 4) is 39.5 Å². The summed E-state index contributed by atoms with van der Waals surface area (Å²) in [7, 11) is 0. The number of carboxylic acid groups (broad SMARTS) is 3. The van der Waals surface area contributed by atoms with Crippen molar-refractivity contribution in [3.05, 3.63) is 318 Å². The van der Waals surface area contributed by atoms with Gasteiger partial charge >= 0.3 is 35.8 Å². The molecular weight excluding hydrogens is 1200 g/mol. The van der Waals surface area contributed by atoms with Crippen molar-refractivity contribution < 1.29 is 58.3 Å². The van der Waals surface area contributed by atoms with Gasteiger partial charge in [0, 0.05) is 46.3 Å². The van der Waals surface area contributed by atoms with Gasteiger partial charge in [0.15, 0.2) is 0 Å². The summed E-state index contributed by atoms with van der Waals surface area (Å²) in [5.74, 6) is -13.6. The first-order valence-electron chi connectivity index (χ1n) is 32.1. The monoisotopic (exact) mass is 1260 g/mol. The number of carbonyl (C=O) groups is 6. The Morgan fingerprint density at radius 2 is 0.531 bits per heavy atom. The van der Waals surface area contributed by atoms with Gasteiger partial charge in [-0.15, -0.1) is 0 Å². The predicted molar refractivity (Wildman–Crippen MR) is 366 cm³/mol. The molecule has 3 saturated carbocycles. The summed E-state index contributed by atoms with van der Waals surface area (Å²) >= 11 is 0. The quantitative estimate of drug-likeness (QED) is 0.0578. The van der Waals surface area contributed by atoms with Crippen LogP contribution in [-0.2, 0) is 28.8 Å². The fourth-order valence-electron chi connectivity index (χ4n) is 15.9. The average Bonchev–Trinajstić information content (AvgIpc) is 0.733. The molecule has 0 heterocycles. The zero-order valence-corrected chi connectivity index (χ0v) is 51.6. The van der Waals surface area contributed by atoms with Gasteiger partial charge in [0.1, 0.15) is 17.2 Å². The van der Waals surface area contributed by atoms with Crippen LogP contribution in [0.25, 0.3) is 54.6 Å². The van der Waals surface area contributed by atoms with Gasteiger partial charge in [-0.05, 0) is 114 Å². The van der Waals surface area contributed by atoms with Gasteiger partial charge in [-0.3, -0.25) is 28.8 Å². The highest BCUT2D eigenvalue weighted by Crippen LogP contribution is 2.61. The van der Waals surface area contributed by atoms with E-state index < -0.39 is 107 Å². The molecule has 0 aliphatic heterocycles. The third-order valence-corrected chi connectivity index (χ3v) is 20.3. The van der Waals surface area contributed by atoms with E-state index in [1.54, 1.807) is 18.2 Å². The van der Waals surface area contributed by atoms with Crippen LogP contribution in [0.4, 0.5) is 0 Å². The molecule has 0 radical (unpaired) electrons. The lowest BCUT2D eigenvalue weighted by molar-refractivity contribution is -0.160. The summed E-state index contributed by atoms with van der Waals surface area (Å²) in [6, 6.07) is 87.6. The lowest BCUT2D eigenvalue weighted by Gasteiger charge is -2.49. The van der Waals surface area contributed by atoms with Crippen molar-refractivity contribution in [1.29, 1.82) is 0 Å². The second-order valence-electron chi connectivity index (χ2n) is 25.4. The van der Waals surface area contributed by atoms with E-state index in [2.05, 4.69) is 0 Å². The van der Waals surface area contributed by atoms with E-state index in [1.165, 1.54) is 0 Å². The van der Waals surface area contributed by atoms with Crippen LogP contribution in [0.2, 0.25) is 0 Å². The molecule has 0 bridgehead atoms. The van der Waals surface area contributed by atoms with Crippen LogP contribution in [-0.4, -0.2) is 51.1 Å². The number of aliphatic carboxylic acids is 3. The minimum absolute atomic E-state index is 0.266. The number of ether oxygens (including phenoxy) is 3. The van der Waals surface area contributed by atoms with E-state index in [1.807, 2.05) is 267 Å². The molecule has 0 saturated heterocycles. The van der Waals surface area contributed by atoms with Crippen LogP contribution < -0.4 is 14.2 Å². The van der Waals surface area contributed by atoms with Gasteiger partial charge < -0.3 is 29.5 Å². The lowest BCUT2D eigenvalue weighted by atomic mass is 9.52. The zero-order valence-electron chi connectivity index (χ0n) is 51.6. The van der Waals surface area contributed by atoms with Gasteiger partial charge in [0.05, 0.1) is 35.5 Å². The maximum absolute atomic E-state index is 15.3. The minimum Gasteiger partial charge on any atom is -0.481 e. The van der Waals surface area contributed by atoms with Crippen molar-refractivity contribution >= 4 is 68.1 Å². The van der Waals surface area contributed by atoms with Gasteiger partial charge in [0.2, 0.25) is 0 Å². The van der Waals surface area contributed by atoms with Gasteiger partial charge in [-0.2, -0.15) is 0 Å². The Morgan fingerprint density at radius 1 is 0.240 bits per heavy atom. The smallest absolute Gasteiger partial charge is 0.315 e.